The molecule has 1 fully saturated rings. The van der Waals surface area contributed by atoms with Crippen LogP contribution in [-0.2, 0) is 9.53 Å². The van der Waals surface area contributed by atoms with Crippen LogP contribution >= 0.6 is 0 Å². The summed E-state index contributed by atoms with van der Waals surface area (Å²) in [5.74, 6) is 1.50. The molecular weight excluding hydrogens is 398 g/mol. The number of carbonyl (C=O) groups excluding carboxylic acids is 1. The fourth-order valence-electron chi connectivity index (χ4n) is 4.59. The molecule has 0 bridgehead atoms. The van der Waals surface area contributed by atoms with Crippen molar-refractivity contribution in [2.24, 2.45) is 0 Å². The fraction of sp³-hybridized carbons (Fsp3) is 0.409. The minimum absolute atomic E-state index is 0.00918. The molecule has 3 aliphatic rings. The molecule has 9 nitrogen and oxygen atoms in total. The molecule has 1 saturated heterocycles. The molecule has 0 spiro atoms. The van der Waals surface area contributed by atoms with Crippen LogP contribution in [0.15, 0.2) is 29.5 Å². The maximum absolute atomic E-state index is 13.0. The number of nitrogens with zero attached hydrogens (tertiary/aromatic N) is 3. The van der Waals surface area contributed by atoms with Crippen LogP contribution in [0.1, 0.15) is 36.3 Å². The second-order valence-electron chi connectivity index (χ2n) is 7.93. The van der Waals surface area contributed by atoms with E-state index in [0.29, 0.717) is 67.2 Å². The Balaban J connectivity index is 1.66. The molecule has 162 valence electrons. The highest BCUT2D eigenvalue weighted by atomic mass is 16.5. The predicted octanol–water partition coefficient (Wildman–Crippen LogP) is 2.17. The minimum atomic E-state index is -0.449. The number of phenols is 1. The Morgan fingerprint density at radius 1 is 1.26 bits per heavy atom. The van der Waals surface area contributed by atoms with Crippen LogP contribution in [0.4, 0.5) is 17.6 Å². The van der Waals surface area contributed by atoms with Crippen molar-refractivity contribution in [3.63, 3.8) is 0 Å². The first-order valence-electron chi connectivity index (χ1n) is 10.5. The summed E-state index contributed by atoms with van der Waals surface area (Å²) in [5, 5.41) is 13.8. The number of aromatic nitrogens is 2. The van der Waals surface area contributed by atoms with Crippen LogP contribution in [0, 0.1) is 0 Å². The van der Waals surface area contributed by atoms with Gasteiger partial charge in [0.15, 0.2) is 17.3 Å². The molecule has 5 rings (SSSR count). The number of aromatic hydroxyl groups is 1. The third kappa shape index (κ3) is 3.34. The number of ether oxygens (including phenoxy) is 2. The Labute approximate surface area is 179 Å². The number of nitrogen functional groups attached to an aromatic ring is 1. The lowest BCUT2D eigenvalue weighted by atomic mass is 9.76. The lowest BCUT2D eigenvalue weighted by molar-refractivity contribution is -0.116. The van der Waals surface area contributed by atoms with Crippen LogP contribution in [0.5, 0.6) is 11.5 Å². The highest BCUT2D eigenvalue weighted by Crippen LogP contribution is 2.48. The molecule has 0 saturated carbocycles. The van der Waals surface area contributed by atoms with E-state index in [1.165, 1.54) is 7.11 Å². The Bertz CT molecular complexity index is 1080. The number of nitrogens with one attached hydrogen (secondary N) is 1. The van der Waals surface area contributed by atoms with Gasteiger partial charge in [0.1, 0.15) is 11.6 Å². The first kappa shape index (κ1) is 19.6. The van der Waals surface area contributed by atoms with Crippen molar-refractivity contribution in [1.29, 1.82) is 0 Å². The van der Waals surface area contributed by atoms with Crippen molar-refractivity contribution < 1.29 is 19.4 Å². The number of carbonyl (C=O) groups is 1. The first-order chi connectivity index (χ1) is 15.1. The van der Waals surface area contributed by atoms with Gasteiger partial charge >= 0.3 is 0 Å². The summed E-state index contributed by atoms with van der Waals surface area (Å²) in [5.41, 5.74) is 9.43. The maximum atomic E-state index is 13.0. The number of hydrogen-bond donors (Lipinski definition) is 3. The van der Waals surface area contributed by atoms with E-state index in [9.17, 15) is 9.90 Å². The lowest BCUT2D eigenvalue weighted by Crippen LogP contribution is -2.38. The number of Topliss-reactive ketones (excluding diaryl/α,β-unsaturated/α-hetero) is 1. The zero-order valence-electron chi connectivity index (χ0n) is 17.4. The molecule has 1 aliphatic carbocycles. The van der Waals surface area contributed by atoms with E-state index in [-0.39, 0.29) is 11.5 Å². The van der Waals surface area contributed by atoms with Crippen LogP contribution in [-0.4, -0.2) is 54.3 Å². The largest absolute Gasteiger partial charge is 0.504 e. The normalized spacial score (nSPS) is 20.7. The van der Waals surface area contributed by atoms with Gasteiger partial charge in [-0.05, 0) is 30.5 Å². The standard InChI is InChI=1S/C22H25N5O4/c1-30-16-6-5-12(11-15(16)29)17-18-13(3-2-4-14(18)28)24-21-19(17)20(23)25-22(26-21)27-7-9-31-10-8-27/h5-6,11,17,29H,2-4,7-10H2,1H3,(H3,23,24,25,26). The van der Waals surface area contributed by atoms with Crippen LogP contribution in [0.2, 0.25) is 0 Å². The third-order valence-corrected chi connectivity index (χ3v) is 6.10. The quantitative estimate of drug-likeness (QED) is 0.681. The van der Waals surface area contributed by atoms with Crippen molar-refractivity contribution in [3.05, 3.63) is 40.6 Å². The smallest absolute Gasteiger partial charge is 0.229 e. The van der Waals surface area contributed by atoms with E-state index in [1.54, 1.807) is 12.1 Å². The van der Waals surface area contributed by atoms with Crippen molar-refractivity contribution in [3.8, 4) is 11.5 Å². The molecule has 3 heterocycles. The number of nitrogens with two attached hydrogens (primary N) is 1. The molecule has 0 radical (unpaired) electrons. The number of benzene rings is 1. The molecule has 4 N–H and O–H groups in total. The van der Waals surface area contributed by atoms with Crippen molar-refractivity contribution in [2.75, 3.05) is 49.4 Å². The van der Waals surface area contributed by atoms with E-state index in [4.69, 9.17) is 20.2 Å². The zero-order chi connectivity index (χ0) is 21.5. The fourth-order valence-corrected chi connectivity index (χ4v) is 4.59. The zero-order valence-corrected chi connectivity index (χ0v) is 17.4. The molecule has 1 aromatic heterocycles. The Morgan fingerprint density at radius 3 is 2.81 bits per heavy atom. The SMILES string of the molecule is COc1ccc(C2C3=C(CCCC3=O)Nc3nc(N4CCOCC4)nc(N)c32)cc1O. The molecule has 1 atom stereocenters. The molecule has 31 heavy (non-hydrogen) atoms. The molecular formula is C22H25N5O4. The van der Waals surface area contributed by atoms with Gasteiger partial charge in [0.25, 0.3) is 0 Å². The van der Waals surface area contributed by atoms with E-state index in [2.05, 4.69) is 10.3 Å². The average Bonchev–Trinajstić information content (AvgIpc) is 2.78. The number of methoxy groups -OCH3 is 1. The Kier molecular flexibility index (Phi) is 4.90. The number of hydrogen-bond acceptors (Lipinski definition) is 9. The van der Waals surface area contributed by atoms with Crippen molar-refractivity contribution in [1.82, 2.24) is 9.97 Å². The minimum Gasteiger partial charge on any atom is -0.504 e. The average molecular weight is 423 g/mol. The van der Waals surface area contributed by atoms with Gasteiger partial charge in [0, 0.05) is 42.3 Å². The van der Waals surface area contributed by atoms with Crippen molar-refractivity contribution in [2.45, 2.75) is 25.2 Å². The number of ketones is 1. The third-order valence-electron chi connectivity index (χ3n) is 6.10. The number of morpholine rings is 1. The van der Waals surface area contributed by atoms with Gasteiger partial charge in [0.05, 0.1) is 20.3 Å². The predicted molar refractivity (Wildman–Crippen MR) is 115 cm³/mol. The summed E-state index contributed by atoms with van der Waals surface area (Å²) in [7, 11) is 1.50. The maximum Gasteiger partial charge on any atom is 0.229 e. The molecule has 2 aromatic rings. The summed E-state index contributed by atoms with van der Waals surface area (Å²) in [6.07, 6.45) is 2.04. The van der Waals surface area contributed by atoms with Gasteiger partial charge in [-0.15, -0.1) is 0 Å². The second kappa shape index (κ2) is 7.73. The van der Waals surface area contributed by atoms with Gasteiger partial charge in [-0.2, -0.15) is 9.97 Å². The van der Waals surface area contributed by atoms with Crippen molar-refractivity contribution >= 4 is 23.4 Å². The first-order valence-corrected chi connectivity index (χ1v) is 10.5. The summed E-state index contributed by atoms with van der Waals surface area (Å²) < 4.78 is 10.6. The van der Waals surface area contributed by atoms with Gasteiger partial charge in [-0.25, -0.2) is 0 Å². The number of rotatable bonds is 3. The number of anilines is 3. The number of fused-ring (bicyclic) bond motifs is 1. The Morgan fingerprint density at radius 2 is 2.06 bits per heavy atom. The van der Waals surface area contributed by atoms with E-state index >= 15 is 0 Å². The van der Waals surface area contributed by atoms with Crippen LogP contribution < -0.4 is 20.7 Å². The lowest BCUT2D eigenvalue weighted by Gasteiger charge is -2.35. The molecule has 0 amide bonds. The number of allylic oxidation sites excluding steroid dienone is 2. The number of phenolic OH excluding ortho intramolecular Hbond substituents is 1. The van der Waals surface area contributed by atoms with Crippen LogP contribution in [0.3, 0.4) is 0 Å². The van der Waals surface area contributed by atoms with E-state index in [1.807, 2.05) is 11.0 Å². The van der Waals surface area contributed by atoms with Gasteiger partial charge in [0.2, 0.25) is 5.95 Å². The second-order valence-corrected chi connectivity index (χ2v) is 7.93. The van der Waals surface area contributed by atoms with E-state index < -0.39 is 5.92 Å². The topological polar surface area (TPSA) is 123 Å². The van der Waals surface area contributed by atoms with E-state index in [0.717, 1.165) is 24.1 Å². The highest BCUT2D eigenvalue weighted by Gasteiger charge is 2.38. The summed E-state index contributed by atoms with van der Waals surface area (Å²) in [4.78, 5) is 24.4. The van der Waals surface area contributed by atoms with Gasteiger partial charge < -0.3 is 30.5 Å². The van der Waals surface area contributed by atoms with Crippen LogP contribution in [0.25, 0.3) is 0 Å². The molecule has 1 aromatic carbocycles. The molecule has 1 unspecified atom stereocenters. The highest BCUT2D eigenvalue weighted by molar-refractivity contribution is 6.01. The van der Waals surface area contributed by atoms with Gasteiger partial charge in [-0.1, -0.05) is 6.07 Å². The summed E-state index contributed by atoms with van der Waals surface area (Å²) in [6.45, 7) is 2.62. The molecule has 2 aliphatic heterocycles. The molecule has 9 heteroatoms. The van der Waals surface area contributed by atoms with Gasteiger partial charge in [-0.3, -0.25) is 4.79 Å². The summed E-state index contributed by atoms with van der Waals surface area (Å²) >= 11 is 0. The monoisotopic (exact) mass is 423 g/mol. The Hall–Kier alpha value is -3.33. The summed E-state index contributed by atoms with van der Waals surface area (Å²) in [6, 6.07) is 5.17.